The van der Waals surface area contributed by atoms with Gasteiger partial charge in [0, 0.05) is 35.0 Å². The van der Waals surface area contributed by atoms with Crippen molar-refractivity contribution >= 4 is 35.1 Å². The van der Waals surface area contributed by atoms with Crippen LogP contribution < -0.4 is 5.32 Å². The minimum atomic E-state index is -0.500. The summed E-state index contributed by atoms with van der Waals surface area (Å²) in [6.07, 6.45) is 2.74. The molecule has 0 bridgehead atoms. The van der Waals surface area contributed by atoms with Gasteiger partial charge >= 0.3 is 0 Å². The monoisotopic (exact) mass is 414 g/mol. The zero-order valence-electron chi connectivity index (χ0n) is 15.3. The third-order valence-electron chi connectivity index (χ3n) is 4.08. The van der Waals surface area contributed by atoms with Gasteiger partial charge in [-0.3, -0.25) is 19.6 Å². The summed E-state index contributed by atoms with van der Waals surface area (Å²) in [5.41, 5.74) is 1.95. The normalized spacial score (nSPS) is 11.0. The van der Waals surface area contributed by atoms with Crippen molar-refractivity contribution in [2.45, 2.75) is 13.5 Å². The lowest BCUT2D eigenvalue weighted by Gasteiger charge is -2.06. The van der Waals surface area contributed by atoms with Crippen molar-refractivity contribution in [3.8, 4) is 0 Å². The minimum absolute atomic E-state index is 0.0543. The number of hydrogen-bond donors (Lipinski definition) is 1. The zero-order chi connectivity index (χ0) is 21.0. The van der Waals surface area contributed by atoms with E-state index in [1.807, 2.05) is 6.92 Å². The fourth-order valence-electron chi connectivity index (χ4n) is 2.62. The molecule has 1 heterocycles. The molecule has 2 aromatic carbocycles. The van der Waals surface area contributed by atoms with Crippen LogP contribution in [0.25, 0.3) is 6.08 Å². The van der Waals surface area contributed by atoms with Gasteiger partial charge in [-0.2, -0.15) is 5.10 Å². The second-order valence-electron chi connectivity index (χ2n) is 6.24. The van der Waals surface area contributed by atoms with E-state index in [-0.39, 0.29) is 5.69 Å². The summed E-state index contributed by atoms with van der Waals surface area (Å²) in [5.74, 6) is -0.505. The van der Waals surface area contributed by atoms with Crippen LogP contribution in [0.2, 0.25) is 5.02 Å². The Morgan fingerprint density at radius 2 is 2.10 bits per heavy atom. The number of benzene rings is 2. The van der Waals surface area contributed by atoms with E-state index in [4.69, 9.17) is 11.6 Å². The highest BCUT2D eigenvalue weighted by atomic mass is 35.5. The molecule has 0 aliphatic carbocycles. The first-order valence-electron chi connectivity index (χ1n) is 8.54. The van der Waals surface area contributed by atoms with Crippen molar-refractivity contribution in [1.82, 2.24) is 9.78 Å². The lowest BCUT2D eigenvalue weighted by Crippen LogP contribution is -2.10. The summed E-state index contributed by atoms with van der Waals surface area (Å²) in [6, 6.07) is 11.8. The predicted molar refractivity (Wildman–Crippen MR) is 108 cm³/mol. The number of halogens is 2. The smallest absolute Gasteiger partial charge is 0.270 e. The number of carbonyl (C=O) groups excluding carboxylic acids is 1. The quantitative estimate of drug-likeness (QED) is 0.363. The van der Waals surface area contributed by atoms with Gasteiger partial charge in [0.15, 0.2) is 5.82 Å². The highest BCUT2D eigenvalue weighted by molar-refractivity contribution is 6.31. The number of anilines is 1. The molecule has 0 atom stereocenters. The fourth-order valence-corrected chi connectivity index (χ4v) is 2.85. The Hall–Kier alpha value is -3.52. The number of nitrogens with zero attached hydrogens (tertiary/aromatic N) is 3. The number of amides is 1. The van der Waals surface area contributed by atoms with Crippen molar-refractivity contribution in [2.24, 2.45) is 0 Å². The van der Waals surface area contributed by atoms with Crippen molar-refractivity contribution in [1.29, 1.82) is 0 Å². The summed E-state index contributed by atoms with van der Waals surface area (Å²) >= 11 is 6.05. The van der Waals surface area contributed by atoms with E-state index in [1.165, 1.54) is 36.4 Å². The van der Waals surface area contributed by atoms with E-state index in [0.29, 0.717) is 28.5 Å². The van der Waals surface area contributed by atoms with Crippen LogP contribution in [0.5, 0.6) is 0 Å². The average molecular weight is 415 g/mol. The first-order valence-corrected chi connectivity index (χ1v) is 8.91. The van der Waals surface area contributed by atoms with E-state index in [2.05, 4.69) is 10.4 Å². The Labute approximate surface area is 170 Å². The Balaban J connectivity index is 1.67. The zero-order valence-corrected chi connectivity index (χ0v) is 16.1. The van der Waals surface area contributed by atoms with E-state index in [1.54, 1.807) is 28.9 Å². The van der Waals surface area contributed by atoms with E-state index in [9.17, 15) is 19.3 Å². The first kappa shape index (κ1) is 20.2. The van der Waals surface area contributed by atoms with Gasteiger partial charge in [0.05, 0.1) is 11.5 Å². The summed E-state index contributed by atoms with van der Waals surface area (Å²) in [4.78, 5) is 22.4. The Morgan fingerprint density at radius 1 is 1.31 bits per heavy atom. The molecule has 0 unspecified atom stereocenters. The summed E-state index contributed by atoms with van der Waals surface area (Å²) in [7, 11) is 0. The third-order valence-corrected chi connectivity index (χ3v) is 4.43. The molecular formula is C20H16ClFN4O3. The number of nitrogens with one attached hydrogen (secondary N) is 1. The van der Waals surface area contributed by atoms with Crippen LogP contribution in [-0.4, -0.2) is 20.6 Å². The maximum atomic E-state index is 13.2. The summed E-state index contributed by atoms with van der Waals surface area (Å²) in [5, 5.41) is 18.0. The van der Waals surface area contributed by atoms with Crippen LogP contribution >= 0.6 is 11.6 Å². The van der Waals surface area contributed by atoms with E-state index < -0.39 is 16.6 Å². The van der Waals surface area contributed by atoms with Crippen molar-refractivity contribution in [3.05, 3.63) is 92.4 Å². The first-order chi connectivity index (χ1) is 13.8. The van der Waals surface area contributed by atoms with Gasteiger partial charge < -0.3 is 5.32 Å². The highest BCUT2D eigenvalue weighted by Crippen LogP contribution is 2.20. The van der Waals surface area contributed by atoms with Crippen molar-refractivity contribution in [2.75, 3.05) is 5.32 Å². The SMILES string of the molecule is Cc1cc(NC(=O)/C=C/c2cccc([N+](=O)[O-])c2)nn1Cc1ccc(F)cc1Cl. The number of rotatable bonds is 6. The maximum absolute atomic E-state index is 13.2. The Kier molecular flexibility index (Phi) is 6.04. The summed E-state index contributed by atoms with van der Waals surface area (Å²) < 4.78 is 14.8. The molecule has 3 aromatic rings. The molecule has 0 radical (unpaired) electrons. The molecule has 0 saturated heterocycles. The number of carbonyl (C=O) groups is 1. The molecule has 1 N–H and O–H groups in total. The number of non-ortho nitro benzene ring substituents is 1. The summed E-state index contributed by atoms with van der Waals surface area (Å²) in [6.45, 7) is 2.14. The number of nitro benzene ring substituents is 1. The maximum Gasteiger partial charge on any atom is 0.270 e. The molecule has 1 amide bonds. The molecule has 3 rings (SSSR count). The van der Waals surface area contributed by atoms with Gasteiger partial charge in [0.2, 0.25) is 5.91 Å². The molecule has 9 heteroatoms. The largest absolute Gasteiger partial charge is 0.306 e. The molecule has 0 aliphatic heterocycles. The number of aryl methyl sites for hydroxylation is 1. The Bertz CT molecular complexity index is 1110. The topological polar surface area (TPSA) is 90.1 Å². The van der Waals surface area contributed by atoms with Crippen LogP contribution in [0, 0.1) is 22.9 Å². The van der Waals surface area contributed by atoms with Gasteiger partial charge in [-0.05, 0) is 36.3 Å². The second kappa shape index (κ2) is 8.66. The van der Waals surface area contributed by atoms with Gasteiger partial charge in [-0.25, -0.2) is 4.39 Å². The molecule has 0 aliphatic rings. The van der Waals surface area contributed by atoms with Crippen molar-refractivity contribution in [3.63, 3.8) is 0 Å². The lowest BCUT2D eigenvalue weighted by molar-refractivity contribution is -0.384. The molecule has 0 fully saturated rings. The molecule has 148 valence electrons. The van der Waals surface area contributed by atoms with Crippen LogP contribution in [0.4, 0.5) is 15.9 Å². The molecule has 1 aromatic heterocycles. The number of hydrogen-bond acceptors (Lipinski definition) is 4. The van der Waals surface area contributed by atoms with Crippen LogP contribution in [0.3, 0.4) is 0 Å². The lowest BCUT2D eigenvalue weighted by atomic mass is 10.2. The standard InChI is InChI=1S/C20H16ClFN4O3/c1-13-9-19(24-25(13)12-15-6-7-16(22)11-18(15)21)23-20(27)8-5-14-3-2-4-17(10-14)26(28)29/h2-11H,12H2,1H3,(H,23,24,27)/b8-5+. The minimum Gasteiger partial charge on any atom is -0.306 e. The van der Waals surface area contributed by atoms with Gasteiger partial charge in [-0.1, -0.05) is 29.8 Å². The fraction of sp³-hybridized carbons (Fsp3) is 0.100. The number of nitro groups is 1. The van der Waals surface area contributed by atoms with Gasteiger partial charge in [0.1, 0.15) is 5.82 Å². The highest BCUT2D eigenvalue weighted by Gasteiger charge is 2.10. The molecule has 0 saturated carbocycles. The second-order valence-corrected chi connectivity index (χ2v) is 6.65. The molecule has 0 spiro atoms. The van der Waals surface area contributed by atoms with Gasteiger partial charge in [0.25, 0.3) is 5.69 Å². The van der Waals surface area contributed by atoms with Crippen molar-refractivity contribution < 1.29 is 14.1 Å². The van der Waals surface area contributed by atoms with Crippen LogP contribution in [0.15, 0.2) is 54.6 Å². The third kappa shape index (κ3) is 5.26. The average Bonchev–Trinajstić information content (AvgIpc) is 3.01. The molecular weight excluding hydrogens is 399 g/mol. The molecule has 7 nitrogen and oxygen atoms in total. The molecule has 29 heavy (non-hydrogen) atoms. The van der Waals surface area contributed by atoms with E-state index in [0.717, 1.165) is 5.69 Å². The Morgan fingerprint density at radius 3 is 2.83 bits per heavy atom. The predicted octanol–water partition coefficient (Wildman–Crippen LogP) is 4.59. The van der Waals surface area contributed by atoms with Crippen LogP contribution in [0.1, 0.15) is 16.8 Å². The van der Waals surface area contributed by atoms with Crippen LogP contribution in [-0.2, 0) is 11.3 Å². The van der Waals surface area contributed by atoms with E-state index >= 15 is 0 Å². The number of aromatic nitrogens is 2. The van der Waals surface area contributed by atoms with Gasteiger partial charge in [-0.15, -0.1) is 0 Å².